The van der Waals surface area contributed by atoms with Crippen molar-refractivity contribution in [2.24, 2.45) is 5.92 Å². The molecular formula is C16H30O6Si. The minimum atomic E-state index is -2.41. The highest BCUT2D eigenvalue weighted by atomic mass is 28.4. The summed E-state index contributed by atoms with van der Waals surface area (Å²) in [7, 11) is 2.52. The summed E-state index contributed by atoms with van der Waals surface area (Å²) in [5, 5.41) is 0. The zero-order valence-electron chi connectivity index (χ0n) is 14.6. The second-order valence-electron chi connectivity index (χ2n) is 5.98. The summed E-state index contributed by atoms with van der Waals surface area (Å²) in [5.74, 6) is -0.792. The van der Waals surface area contributed by atoms with Crippen molar-refractivity contribution in [2.75, 3.05) is 21.3 Å². The smallest absolute Gasteiger partial charge is 0.393 e. The Morgan fingerprint density at radius 2 is 1.52 bits per heavy atom. The summed E-state index contributed by atoms with van der Waals surface area (Å²) in [6.45, 7) is 0. The lowest BCUT2D eigenvalue weighted by atomic mass is 9.94. The van der Waals surface area contributed by atoms with Gasteiger partial charge in [0.15, 0.2) is 0 Å². The van der Waals surface area contributed by atoms with Crippen LogP contribution >= 0.6 is 0 Å². The van der Waals surface area contributed by atoms with Gasteiger partial charge in [0.25, 0.3) is 0 Å². The van der Waals surface area contributed by atoms with Crippen LogP contribution in [0.15, 0.2) is 0 Å². The third kappa shape index (κ3) is 7.11. The Morgan fingerprint density at radius 3 is 2.09 bits per heavy atom. The molecule has 0 spiro atoms. The lowest BCUT2D eigenvalue weighted by Gasteiger charge is -2.24. The number of hydrogen-bond acceptors (Lipinski definition) is 6. The molecular weight excluding hydrogens is 316 g/mol. The number of carbonyl (C=O) groups is 2. The molecule has 0 radical (unpaired) electrons. The number of rotatable bonds is 12. The van der Waals surface area contributed by atoms with Gasteiger partial charge in [-0.2, -0.15) is 0 Å². The molecule has 0 bridgehead atoms. The highest BCUT2D eigenvalue weighted by Crippen LogP contribution is 2.23. The first kappa shape index (κ1) is 20.3. The molecule has 1 aliphatic heterocycles. The van der Waals surface area contributed by atoms with Gasteiger partial charge in [-0.1, -0.05) is 32.1 Å². The Bertz CT molecular complexity index is 361. The number of ether oxygens (including phenoxy) is 1. The van der Waals surface area contributed by atoms with Crippen LogP contribution in [0.4, 0.5) is 0 Å². The van der Waals surface area contributed by atoms with E-state index in [1.54, 1.807) is 21.3 Å². The average Bonchev–Trinajstić information content (AvgIpc) is 2.56. The second kappa shape index (κ2) is 10.9. The van der Waals surface area contributed by atoms with E-state index in [4.69, 9.17) is 13.3 Å². The summed E-state index contributed by atoms with van der Waals surface area (Å²) >= 11 is 0. The molecule has 0 aromatic rings. The van der Waals surface area contributed by atoms with Crippen molar-refractivity contribution in [3.63, 3.8) is 0 Å². The van der Waals surface area contributed by atoms with Crippen LogP contribution in [0.2, 0.25) is 6.04 Å². The topological polar surface area (TPSA) is 71.1 Å². The van der Waals surface area contributed by atoms with Crippen LogP contribution in [0.1, 0.15) is 57.8 Å². The van der Waals surface area contributed by atoms with Gasteiger partial charge in [0.2, 0.25) is 0 Å². The van der Waals surface area contributed by atoms with Gasteiger partial charge in [0.1, 0.15) is 0 Å². The van der Waals surface area contributed by atoms with E-state index in [0.717, 1.165) is 51.0 Å². The molecule has 1 unspecified atom stereocenters. The Balaban J connectivity index is 2.01. The van der Waals surface area contributed by atoms with Crippen molar-refractivity contribution in [3.05, 3.63) is 0 Å². The highest BCUT2D eigenvalue weighted by Gasteiger charge is 2.36. The Labute approximate surface area is 140 Å². The fourth-order valence-corrected chi connectivity index (χ4v) is 4.71. The largest absolute Gasteiger partial charge is 0.500 e. The minimum absolute atomic E-state index is 0.0792. The van der Waals surface area contributed by atoms with Crippen LogP contribution in [-0.2, 0) is 27.6 Å². The third-order valence-corrected chi connectivity index (χ3v) is 7.30. The third-order valence-electron chi connectivity index (χ3n) is 4.46. The van der Waals surface area contributed by atoms with Crippen molar-refractivity contribution < 1.29 is 27.6 Å². The molecule has 1 heterocycles. The maximum absolute atomic E-state index is 11.5. The molecule has 7 heteroatoms. The highest BCUT2D eigenvalue weighted by molar-refractivity contribution is 6.60. The minimum Gasteiger partial charge on any atom is -0.393 e. The summed E-state index contributed by atoms with van der Waals surface area (Å²) in [5.41, 5.74) is 0. The number of hydrogen-bond donors (Lipinski definition) is 0. The Morgan fingerprint density at radius 1 is 0.957 bits per heavy atom. The molecule has 6 nitrogen and oxygen atoms in total. The Hall–Kier alpha value is -0.763. The molecule has 0 aliphatic carbocycles. The van der Waals surface area contributed by atoms with Gasteiger partial charge in [-0.05, 0) is 19.3 Å². The molecule has 23 heavy (non-hydrogen) atoms. The quantitative estimate of drug-likeness (QED) is 0.234. The van der Waals surface area contributed by atoms with Gasteiger partial charge >= 0.3 is 20.7 Å². The summed E-state index contributed by atoms with van der Waals surface area (Å²) in [6.07, 6.45) is 8.47. The predicted molar refractivity (Wildman–Crippen MR) is 87.7 cm³/mol. The van der Waals surface area contributed by atoms with Crippen LogP contribution < -0.4 is 0 Å². The van der Waals surface area contributed by atoms with Crippen LogP contribution in [0.3, 0.4) is 0 Å². The first-order chi connectivity index (χ1) is 11.1. The van der Waals surface area contributed by atoms with Crippen LogP contribution in [0.5, 0.6) is 0 Å². The number of carbonyl (C=O) groups excluding carboxylic acids is 2. The van der Waals surface area contributed by atoms with E-state index >= 15 is 0 Å². The van der Waals surface area contributed by atoms with Crippen molar-refractivity contribution >= 4 is 20.7 Å². The van der Waals surface area contributed by atoms with Crippen LogP contribution in [0.25, 0.3) is 0 Å². The van der Waals surface area contributed by atoms with Gasteiger partial charge in [-0.25, -0.2) is 0 Å². The van der Waals surface area contributed by atoms with E-state index in [1.807, 2.05) is 0 Å². The van der Waals surface area contributed by atoms with Crippen LogP contribution in [0, 0.1) is 5.92 Å². The zero-order valence-corrected chi connectivity index (χ0v) is 15.6. The molecule has 0 aromatic heterocycles. The zero-order chi connectivity index (χ0) is 17.1. The van der Waals surface area contributed by atoms with E-state index in [2.05, 4.69) is 4.74 Å². The van der Waals surface area contributed by atoms with Gasteiger partial charge in [0, 0.05) is 33.8 Å². The van der Waals surface area contributed by atoms with Gasteiger partial charge in [-0.15, -0.1) is 0 Å². The van der Waals surface area contributed by atoms with Gasteiger partial charge in [0.05, 0.1) is 5.92 Å². The molecule has 0 aromatic carbocycles. The molecule has 0 amide bonds. The maximum atomic E-state index is 11.5. The predicted octanol–water partition coefficient (Wildman–Crippen LogP) is 3.08. The van der Waals surface area contributed by atoms with E-state index in [0.29, 0.717) is 12.8 Å². The second-order valence-corrected chi connectivity index (χ2v) is 9.07. The van der Waals surface area contributed by atoms with E-state index < -0.39 is 8.80 Å². The lowest BCUT2D eigenvalue weighted by molar-refractivity contribution is -0.167. The molecule has 134 valence electrons. The van der Waals surface area contributed by atoms with Gasteiger partial charge in [-0.3, -0.25) is 9.59 Å². The Kier molecular flexibility index (Phi) is 9.62. The molecule has 1 fully saturated rings. The monoisotopic (exact) mass is 346 g/mol. The number of cyclic esters (lactones) is 2. The summed E-state index contributed by atoms with van der Waals surface area (Å²) in [4.78, 5) is 22.5. The SMILES string of the molecule is CO[Si](CCCCCCCCC1CCC(=O)OC1=O)(OC)OC. The van der Waals surface area contributed by atoms with Crippen molar-refractivity contribution in [1.29, 1.82) is 0 Å². The fourth-order valence-electron chi connectivity index (χ4n) is 2.91. The van der Waals surface area contributed by atoms with E-state index in [1.165, 1.54) is 0 Å². The first-order valence-corrected chi connectivity index (χ1v) is 10.4. The molecule has 1 saturated heterocycles. The normalized spacial score (nSPS) is 19.0. The van der Waals surface area contributed by atoms with E-state index in [9.17, 15) is 9.59 Å². The molecule has 1 aliphatic rings. The van der Waals surface area contributed by atoms with E-state index in [-0.39, 0.29) is 17.9 Å². The van der Waals surface area contributed by atoms with Crippen molar-refractivity contribution in [2.45, 2.75) is 63.8 Å². The molecule has 0 saturated carbocycles. The van der Waals surface area contributed by atoms with Crippen molar-refractivity contribution in [1.82, 2.24) is 0 Å². The number of esters is 2. The van der Waals surface area contributed by atoms with Crippen molar-refractivity contribution in [3.8, 4) is 0 Å². The number of unbranched alkanes of at least 4 members (excludes halogenated alkanes) is 5. The molecule has 0 N–H and O–H groups in total. The van der Waals surface area contributed by atoms with Gasteiger partial charge < -0.3 is 18.0 Å². The molecule has 1 atom stereocenters. The van der Waals surface area contributed by atoms with Crippen LogP contribution in [-0.4, -0.2) is 42.1 Å². The first-order valence-electron chi connectivity index (χ1n) is 8.47. The lowest BCUT2D eigenvalue weighted by Crippen LogP contribution is -2.42. The maximum Gasteiger partial charge on any atom is 0.500 e. The average molecular weight is 346 g/mol. The fraction of sp³-hybridized carbons (Fsp3) is 0.875. The standard InChI is InChI=1S/C16H30O6Si/c1-19-23(20-2,21-3)13-9-7-5-4-6-8-10-14-11-12-15(17)22-16(14)18/h14H,4-13H2,1-3H3. The summed E-state index contributed by atoms with van der Waals surface area (Å²) < 4.78 is 20.8. The summed E-state index contributed by atoms with van der Waals surface area (Å²) in [6, 6.07) is 0.846. The molecule has 1 rings (SSSR count).